The van der Waals surface area contributed by atoms with Crippen molar-refractivity contribution < 1.29 is 4.79 Å². The summed E-state index contributed by atoms with van der Waals surface area (Å²) in [5.74, 6) is 0.688. The lowest BCUT2D eigenvalue weighted by Crippen LogP contribution is -2.43. The van der Waals surface area contributed by atoms with Crippen molar-refractivity contribution in [3.63, 3.8) is 0 Å². The predicted molar refractivity (Wildman–Crippen MR) is 110 cm³/mol. The second kappa shape index (κ2) is 8.38. The van der Waals surface area contributed by atoms with Gasteiger partial charge in [-0.3, -0.25) is 9.78 Å². The van der Waals surface area contributed by atoms with Crippen molar-refractivity contribution >= 4 is 11.7 Å². The number of carbonyl (C=O) groups excluding carboxylic acids is 1. The van der Waals surface area contributed by atoms with Crippen LogP contribution in [0.15, 0.2) is 42.9 Å². The monoisotopic (exact) mass is 391 g/mol. The van der Waals surface area contributed by atoms with Gasteiger partial charge in [-0.25, -0.2) is 4.98 Å². The zero-order valence-electron chi connectivity index (χ0n) is 16.7. The third kappa shape index (κ3) is 4.11. The van der Waals surface area contributed by atoms with Gasteiger partial charge >= 0.3 is 0 Å². The number of aromatic nitrogens is 5. The van der Waals surface area contributed by atoms with Gasteiger partial charge in [-0.2, -0.15) is 15.0 Å². The first-order valence-electron chi connectivity index (χ1n) is 10.0. The standard InChI is InChI=1S/C21H25N7O/c1-3-16-20(22-13-14(2)25-16)26-17-8-6-9-18(17)27-21(29)15-7-4-5-10-19(15)28-23-11-12-24-28/h4-5,7,10-13,17-18H,3,6,8-9H2,1-2H3,(H,22,26)(H,27,29)/t17-,18-/m0/s1. The highest BCUT2D eigenvalue weighted by molar-refractivity contribution is 5.97. The molecule has 2 atom stereocenters. The van der Waals surface area contributed by atoms with Gasteiger partial charge in [-0.05, 0) is 44.7 Å². The molecule has 29 heavy (non-hydrogen) atoms. The molecule has 1 aliphatic rings. The first kappa shape index (κ1) is 19.0. The Labute approximate surface area is 169 Å². The lowest BCUT2D eigenvalue weighted by molar-refractivity contribution is 0.0935. The third-order valence-electron chi connectivity index (χ3n) is 5.24. The quantitative estimate of drug-likeness (QED) is 0.670. The average Bonchev–Trinajstić information content (AvgIpc) is 3.42. The molecule has 4 rings (SSSR count). The number of anilines is 1. The molecule has 2 N–H and O–H groups in total. The number of nitrogens with one attached hydrogen (secondary N) is 2. The van der Waals surface area contributed by atoms with Crippen LogP contribution in [0.2, 0.25) is 0 Å². The van der Waals surface area contributed by atoms with E-state index in [1.165, 1.54) is 4.80 Å². The van der Waals surface area contributed by atoms with Crippen LogP contribution in [0.4, 0.5) is 5.82 Å². The Balaban J connectivity index is 1.50. The predicted octanol–water partition coefficient (Wildman–Crippen LogP) is 2.69. The van der Waals surface area contributed by atoms with Crippen LogP contribution in [0.3, 0.4) is 0 Å². The van der Waals surface area contributed by atoms with Crippen molar-refractivity contribution in [1.29, 1.82) is 0 Å². The Hall–Kier alpha value is -3.29. The summed E-state index contributed by atoms with van der Waals surface area (Å²) in [5.41, 5.74) is 3.08. The molecule has 1 saturated carbocycles. The molecule has 0 aliphatic heterocycles. The highest BCUT2D eigenvalue weighted by atomic mass is 16.1. The largest absolute Gasteiger partial charge is 0.364 e. The summed E-state index contributed by atoms with van der Waals surface area (Å²) in [6, 6.07) is 7.51. The SMILES string of the molecule is CCc1nc(C)cnc1N[C@H]1CCC[C@@H]1NC(=O)c1ccccc1-n1nccn1. The van der Waals surface area contributed by atoms with E-state index in [-0.39, 0.29) is 18.0 Å². The van der Waals surface area contributed by atoms with Gasteiger partial charge in [0.2, 0.25) is 0 Å². The Morgan fingerprint density at radius 3 is 2.72 bits per heavy atom. The van der Waals surface area contributed by atoms with Gasteiger partial charge in [0, 0.05) is 12.1 Å². The van der Waals surface area contributed by atoms with Crippen LogP contribution in [-0.4, -0.2) is 43.0 Å². The fourth-order valence-electron chi connectivity index (χ4n) is 3.80. The van der Waals surface area contributed by atoms with Crippen molar-refractivity contribution in [3.8, 4) is 5.69 Å². The van der Waals surface area contributed by atoms with Crippen LogP contribution in [-0.2, 0) is 6.42 Å². The first-order chi connectivity index (χ1) is 14.2. The summed E-state index contributed by atoms with van der Waals surface area (Å²) in [6.07, 6.45) is 8.73. The number of hydrogen-bond acceptors (Lipinski definition) is 6. The van der Waals surface area contributed by atoms with Crippen molar-refractivity contribution in [1.82, 2.24) is 30.3 Å². The van der Waals surface area contributed by atoms with Gasteiger partial charge in [0.15, 0.2) is 0 Å². The Kier molecular flexibility index (Phi) is 5.50. The Bertz CT molecular complexity index is 986. The van der Waals surface area contributed by atoms with Crippen LogP contribution < -0.4 is 10.6 Å². The first-order valence-corrected chi connectivity index (χ1v) is 10.0. The fourth-order valence-corrected chi connectivity index (χ4v) is 3.80. The van der Waals surface area contributed by atoms with E-state index in [1.807, 2.05) is 25.1 Å². The number of hydrogen-bond donors (Lipinski definition) is 2. The molecule has 150 valence electrons. The summed E-state index contributed by atoms with van der Waals surface area (Å²) in [5, 5.41) is 15.0. The second-order valence-electron chi connectivity index (χ2n) is 7.26. The van der Waals surface area contributed by atoms with E-state index in [0.717, 1.165) is 42.9 Å². The molecular weight excluding hydrogens is 366 g/mol. The minimum absolute atomic E-state index is 0.0222. The summed E-state index contributed by atoms with van der Waals surface area (Å²) in [4.78, 5) is 23.6. The van der Waals surface area contributed by atoms with Crippen molar-refractivity contribution in [2.24, 2.45) is 0 Å². The van der Waals surface area contributed by atoms with E-state index >= 15 is 0 Å². The van der Waals surface area contributed by atoms with Gasteiger partial charge < -0.3 is 10.6 Å². The molecule has 0 bridgehead atoms. The zero-order chi connectivity index (χ0) is 20.2. The number of benzene rings is 1. The molecule has 0 saturated heterocycles. The highest BCUT2D eigenvalue weighted by Crippen LogP contribution is 2.24. The van der Waals surface area contributed by atoms with E-state index in [2.05, 4.69) is 37.7 Å². The number of para-hydroxylation sites is 1. The molecule has 1 aliphatic carbocycles. The average molecular weight is 391 g/mol. The minimum atomic E-state index is -0.123. The number of carbonyl (C=O) groups is 1. The number of rotatable bonds is 6. The molecule has 8 heteroatoms. The van der Waals surface area contributed by atoms with Gasteiger partial charge in [-0.1, -0.05) is 19.1 Å². The van der Waals surface area contributed by atoms with E-state index in [9.17, 15) is 4.79 Å². The number of aryl methyl sites for hydroxylation is 2. The van der Waals surface area contributed by atoms with Gasteiger partial charge in [0.25, 0.3) is 5.91 Å². The van der Waals surface area contributed by atoms with Crippen LogP contribution in [0, 0.1) is 6.92 Å². The van der Waals surface area contributed by atoms with Gasteiger partial charge in [0.1, 0.15) is 5.82 Å². The van der Waals surface area contributed by atoms with Crippen LogP contribution in [0.25, 0.3) is 5.69 Å². The Morgan fingerprint density at radius 1 is 1.17 bits per heavy atom. The van der Waals surface area contributed by atoms with E-state index in [4.69, 9.17) is 0 Å². The fraction of sp³-hybridized carbons (Fsp3) is 0.381. The van der Waals surface area contributed by atoms with Crippen molar-refractivity contribution in [3.05, 3.63) is 59.8 Å². The maximum atomic E-state index is 13.0. The summed E-state index contributed by atoms with van der Waals surface area (Å²) < 4.78 is 0. The van der Waals surface area contributed by atoms with Crippen LogP contribution in [0.1, 0.15) is 47.9 Å². The molecule has 2 aromatic heterocycles. The molecule has 0 spiro atoms. The third-order valence-corrected chi connectivity index (χ3v) is 5.24. The molecule has 1 amide bonds. The van der Waals surface area contributed by atoms with Gasteiger partial charge in [0.05, 0.1) is 41.2 Å². The lowest BCUT2D eigenvalue weighted by Gasteiger charge is -2.24. The lowest BCUT2D eigenvalue weighted by atomic mass is 10.1. The van der Waals surface area contributed by atoms with Crippen LogP contribution in [0.5, 0.6) is 0 Å². The molecule has 0 unspecified atom stereocenters. The van der Waals surface area contributed by atoms with Gasteiger partial charge in [-0.15, -0.1) is 0 Å². The maximum absolute atomic E-state index is 13.0. The maximum Gasteiger partial charge on any atom is 0.253 e. The number of nitrogens with zero attached hydrogens (tertiary/aromatic N) is 5. The summed E-state index contributed by atoms with van der Waals surface area (Å²) >= 11 is 0. The summed E-state index contributed by atoms with van der Waals surface area (Å²) in [7, 11) is 0. The molecule has 0 radical (unpaired) electrons. The molecule has 1 fully saturated rings. The highest BCUT2D eigenvalue weighted by Gasteiger charge is 2.30. The molecular formula is C21H25N7O. The molecule has 3 aromatic rings. The molecule has 8 nitrogen and oxygen atoms in total. The van der Waals surface area contributed by atoms with Crippen molar-refractivity contribution in [2.45, 2.75) is 51.6 Å². The normalized spacial score (nSPS) is 18.6. The second-order valence-corrected chi connectivity index (χ2v) is 7.26. The summed E-state index contributed by atoms with van der Waals surface area (Å²) in [6.45, 7) is 4.02. The number of amides is 1. The topological polar surface area (TPSA) is 97.6 Å². The van der Waals surface area contributed by atoms with E-state index in [0.29, 0.717) is 11.3 Å². The minimum Gasteiger partial charge on any atom is -0.364 e. The van der Waals surface area contributed by atoms with E-state index < -0.39 is 0 Å². The zero-order valence-corrected chi connectivity index (χ0v) is 16.7. The van der Waals surface area contributed by atoms with E-state index in [1.54, 1.807) is 24.7 Å². The Morgan fingerprint density at radius 2 is 1.93 bits per heavy atom. The smallest absolute Gasteiger partial charge is 0.253 e. The molecule has 2 heterocycles. The van der Waals surface area contributed by atoms with Crippen molar-refractivity contribution in [2.75, 3.05) is 5.32 Å². The molecule has 1 aromatic carbocycles. The van der Waals surface area contributed by atoms with Crippen LogP contribution >= 0.6 is 0 Å².